The van der Waals surface area contributed by atoms with E-state index in [9.17, 15) is 0 Å². The summed E-state index contributed by atoms with van der Waals surface area (Å²) in [6.45, 7) is 8.78. The quantitative estimate of drug-likeness (QED) is 0.673. The molecule has 1 aromatic rings. The molecule has 1 atom stereocenters. The summed E-state index contributed by atoms with van der Waals surface area (Å²) in [6, 6.07) is 1.90. The minimum absolute atomic E-state index is 0.249. The fourth-order valence-electron chi connectivity index (χ4n) is 1.04. The van der Waals surface area contributed by atoms with E-state index in [1.807, 2.05) is 6.07 Å². The van der Waals surface area contributed by atoms with Crippen molar-refractivity contribution in [1.82, 2.24) is 10.2 Å². The topological polar surface area (TPSA) is 54.7 Å². The Balaban J connectivity index is 2.85. The number of nitrogens with one attached hydrogen (secondary N) is 1. The molecule has 1 rings (SSSR count). The third-order valence-corrected chi connectivity index (χ3v) is 2.38. The van der Waals surface area contributed by atoms with Gasteiger partial charge in [-0.1, -0.05) is 27.7 Å². The second kappa shape index (κ2) is 2.81. The highest BCUT2D eigenvalue weighted by Crippen LogP contribution is 2.33. The Kier molecular flexibility index (Phi) is 2.13. The maximum absolute atomic E-state index is 5.52. The summed E-state index contributed by atoms with van der Waals surface area (Å²) >= 11 is 0. The molecule has 0 saturated heterocycles. The van der Waals surface area contributed by atoms with E-state index in [0.717, 1.165) is 5.69 Å². The van der Waals surface area contributed by atoms with Crippen LogP contribution in [-0.2, 0) is 0 Å². The van der Waals surface area contributed by atoms with Crippen LogP contribution in [0.25, 0.3) is 0 Å². The predicted octanol–water partition coefficient (Wildman–Crippen LogP) is 2.14. The second-order valence-corrected chi connectivity index (χ2v) is 4.34. The summed E-state index contributed by atoms with van der Waals surface area (Å²) in [5.41, 5.74) is 6.88. The van der Waals surface area contributed by atoms with Crippen LogP contribution in [0.3, 0.4) is 0 Å². The van der Waals surface area contributed by atoms with Crippen molar-refractivity contribution < 1.29 is 0 Å². The third kappa shape index (κ3) is 1.78. The monoisotopic (exact) mass is 167 g/mol. The highest BCUT2D eigenvalue weighted by atomic mass is 15.2. The zero-order chi connectivity index (χ0) is 9.35. The summed E-state index contributed by atoms with van der Waals surface area (Å²) in [7, 11) is 0. The van der Waals surface area contributed by atoms with Gasteiger partial charge in [-0.2, -0.15) is 5.10 Å². The number of nitrogen functional groups attached to an aromatic ring is 1. The van der Waals surface area contributed by atoms with Gasteiger partial charge in [0.05, 0.1) is 0 Å². The molecule has 0 aliphatic heterocycles. The fourth-order valence-corrected chi connectivity index (χ4v) is 1.04. The molecule has 3 heteroatoms. The molecular formula is C9H17N3. The minimum atomic E-state index is 0.249. The molecule has 0 aromatic carbocycles. The van der Waals surface area contributed by atoms with Crippen molar-refractivity contribution >= 4 is 5.82 Å². The van der Waals surface area contributed by atoms with Crippen LogP contribution in [0, 0.1) is 5.41 Å². The second-order valence-electron chi connectivity index (χ2n) is 4.34. The average molecular weight is 167 g/mol. The number of hydrogen-bond donors (Lipinski definition) is 2. The molecule has 0 bridgehead atoms. The molecule has 3 nitrogen and oxygen atoms in total. The number of nitrogens with zero attached hydrogens (tertiary/aromatic N) is 1. The lowest BCUT2D eigenvalue weighted by molar-refractivity contribution is 0.334. The molecule has 1 aromatic heterocycles. The molecule has 1 heterocycles. The van der Waals surface area contributed by atoms with Gasteiger partial charge < -0.3 is 5.73 Å². The fraction of sp³-hybridized carbons (Fsp3) is 0.667. The van der Waals surface area contributed by atoms with Crippen LogP contribution >= 0.6 is 0 Å². The minimum Gasteiger partial charge on any atom is -0.382 e. The highest BCUT2D eigenvalue weighted by Gasteiger charge is 2.22. The van der Waals surface area contributed by atoms with Gasteiger partial charge in [0.15, 0.2) is 0 Å². The van der Waals surface area contributed by atoms with Crippen LogP contribution < -0.4 is 5.73 Å². The van der Waals surface area contributed by atoms with Gasteiger partial charge in [0, 0.05) is 17.7 Å². The van der Waals surface area contributed by atoms with E-state index in [2.05, 4.69) is 37.9 Å². The van der Waals surface area contributed by atoms with Gasteiger partial charge >= 0.3 is 0 Å². The van der Waals surface area contributed by atoms with E-state index in [1.54, 1.807) is 0 Å². The molecule has 1 unspecified atom stereocenters. The lowest BCUT2D eigenvalue weighted by Crippen LogP contribution is -2.15. The van der Waals surface area contributed by atoms with Gasteiger partial charge in [0.25, 0.3) is 0 Å². The van der Waals surface area contributed by atoms with E-state index >= 15 is 0 Å². The van der Waals surface area contributed by atoms with E-state index in [1.165, 1.54) is 0 Å². The van der Waals surface area contributed by atoms with Crippen molar-refractivity contribution in [2.45, 2.75) is 33.6 Å². The number of hydrogen-bond acceptors (Lipinski definition) is 2. The third-order valence-electron chi connectivity index (χ3n) is 2.38. The van der Waals surface area contributed by atoms with Gasteiger partial charge in [-0.25, -0.2) is 0 Å². The van der Waals surface area contributed by atoms with Crippen LogP contribution in [-0.4, -0.2) is 10.2 Å². The van der Waals surface area contributed by atoms with Crippen molar-refractivity contribution in [1.29, 1.82) is 0 Å². The lowest BCUT2D eigenvalue weighted by atomic mass is 9.80. The number of H-pyrrole nitrogens is 1. The molecule has 0 spiro atoms. The van der Waals surface area contributed by atoms with Crippen LogP contribution in [0.2, 0.25) is 0 Å². The molecule has 0 saturated carbocycles. The van der Waals surface area contributed by atoms with Crippen LogP contribution in [0.5, 0.6) is 0 Å². The average Bonchev–Trinajstić information content (AvgIpc) is 2.32. The van der Waals surface area contributed by atoms with E-state index in [0.29, 0.717) is 11.7 Å². The molecule has 3 N–H and O–H groups in total. The Morgan fingerprint density at radius 2 is 2.08 bits per heavy atom. The van der Waals surface area contributed by atoms with E-state index in [-0.39, 0.29) is 5.41 Å². The molecule has 0 aliphatic rings. The zero-order valence-corrected chi connectivity index (χ0v) is 8.18. The van der Waals surface area contributed by atoms with Gasteiger partial charge in [0.1, 0.15) is 5.82 Å². The van der Waals surface area contributed by atoms with Gasteiger partial charge in [-0.3, -0.25) is 5.10 Å². The number of anilines is 1. The molecular weight excluding hydrogens is 150 g/mol. The van der Waals surface area contributed by atoms with Crippen molar-refractivity contribution in [3.05, 3.63) is 11.8 Å². The maximum atomic E-state index is 5.52. The molecule has 0 aliphatic carbocycles. The molecule has 12 heavy (non-hydrogen) atoms. The first-order valence-electron chi connectivity index (χ1n) is 4.22. The molecule has 68 valence electrons. The standard InChI is InChI=1S/C9H17N3/c1-6(9(2,3)4)7-5-8(10)12-11-7/h5-6H,1-4H3,(H3,10,11,12). The van der Waals surface area contributed by atoms with E-state index in [4.69, 9.17) is 5.73 Å². The van der Waals surface area contributed by atoms with Crippen molar-refractivity contribution in [2.24, 2.45) is 5.41 Å². The molecule has 0 amide bonds. The summed E-state index contributed by atoms with van der Waals surface area (Å²) in [5.74, 6) is 1.02. The highest BCUT2D eigenvalue weighted by molar-refractivity contribution is 5.30. The number of aromatic amines is 1. The molecule has 0 radical (unpaired) electrons. The van der Waals surface area contributed by atoms with Crippen LogP contribution in [0.1, 0.15) is 39.3 Å². The number of rotatable bonds is 1. The first kappa shape index (κ1) is 9.10. The zero-order valence-electron chi connectivity index (χ0n) is 8.18. The first-order chi connectivity index (χ1) is 5.41. The smallest absolute Gasteiger partial charge is 0.145 e. The summed E-state index contributed by atoms with van der Waals surface area (Å²) in [4.78, 5) is 0. The van der Waals surface area contributed by atoms with Crippen LogP contribution in [0.15, 0.2) is 6.07 Å². The summed E-state index contributed by atoms with van der Waals surface area (Å²) < 4.78 is 0. The maximum Gasteiger partial charge on any atom is 0.145 e. The Morgan fingerprint density at radius 3 is 2.42 bits per heavy atom. The largest absolute Gasteiger partial charge is 0.382 e. The normalized spacial score (nSPS) is 14.7. The number of aromatic nitrogens is 2. The SMILES string of the molecule is CC(c1cc(N)n[nH]1)C(C)(C)C. The van der Waals surface area contributed by atoms with Gasteiger partial charge in [-0.05, 0) is 5.41 Å². The van der Waals surface area contributed by atoms with Crippen molar-refractivity contribution in [3.63, 3.8) is 0 Å². The molecule has 0 fully saturated rings. The first-order valence-corrected chi connectivity index (χ1v) is 4.22. The van der Waals surface area contributed by atoms with Gasteiger partial charge in [-0.15, -0.1) is 0 Å². The Bertz CT molecular complexity index is 257. The van der Waals surface area contributed by atoms with E-state index < -0.39 is 0 Å². The Morgan fingerprint density at radius 1 is 1.50 bits per heavy atom. The summed E-state index contributed by atoms with van der Waals surface area (Å²) in [6.07, 6.45) is 0. The lowest BCUT2D eigenvalue weighted by Gasteiger charge is -2.25. The Labute approximate surface area is 73.4 Å². The van der Waals surface area contributed by atoms with Gasteiger partial charge in [0.2, 0.25) is 0 Å². The van der Waals surface area contributed by atoms with Crippen molar-refractivity contribution in [3.8, 4) is 0 Å². The summed E-state index contributed by atoms with van der Waals surface area (Å²) in [5, 5.41) is 6.84. The Hall–Kier alpha value is -0.990. The number of nitrogens with two attached hydrogens (primary N) is 1. The van der Waals surface area contributed by atoms with Crippen LogP contribution in [0.4, 0.5) is 5.82 Å². The van der Waals surface area contributed by atoms with Crippen molar-refractivity contribution in [2.75, 3.05) is 5.73 Å². The predicted molar refractivity (Wildman–Crippen MR) is 50.9 cm³/mol.